The van der Waals surface area contributed by atoms with Gasteiger partial charge in [0, 0.05) is 25.7 Å². The van der Waals surface area contributed by atoms with Crippen LogP contribution in [-0.2, 0) is 24.1 Å². The van der Waals surface area contributed by atoms with Crippen LogP contribution in [0.2, 0.25) is 0 Å². The molecule has 0 fully saturated rings. The fraction of sp³-hybridized carbons (Fsp3) is 0.474. The van der Waals surface area contributed by atoms with Crippen molar-refractivity contribution in [1.82, 2.24) is 14.7 Å². The smallest absolute Gasteiger partial charge is 0.410 e. The minimum Gasteiger partial charge on any atom is -0.444 e. The molecule has 24 heavy (non-hydrogen) atoms. The molecule has 0 saturated carbocycles. The van der Waals surface area contributed by atoms with E-state index in [9.17, 15) is 4.79 Å². The highest BCUT2D eigenvalue weighted by atomic mass is 16.6. The number of fused-ring (bicyclic) bond motifs is 1. The largest absolute Gasteiger partial charge is 0.444 e. The van der Waals surface area contributed by atoms with Crippen molar-refractivity contribution in [3.05, 3.63) is 53.3 Å². The quantitative estimate of drug-likeness (QED) is 0.850. The topological polar surface area (TPSA) is 47.4 Å². The van der Waals surface area contributed by atoms with Crippen LogP contribution < -0.4 is 0 Å². The van der Waals surface area contributed by atoms with Crippen molar-refractivity contribution >= 4 is 6.09 Å². The average Bonchev–Trinajstić information content (AvgIpc) is 2.77. The first-order valence-corrected chi connectivity index (χ1v) is 8.48. The number of hydrogen-bond acceptors (Lipinski definition) is 3. The molecule has 1 aromatic carbocycles. The molecule has 5 nitrogen and oxygen atoms in total. The van der Waals surface area contributed by atoms with Crippen LogP contribution in [-0.4, -0.2) is 39.5 Å². The summed E-state index contributed by atoms with van der Waals surface area (Å²) in [6.07, 6.45) is 3.48. The van der Waals surface area contributed by atoms with Crippen LogP contribution in [0.25, 0.3) is 0 Å². The van der Waals surface area contributed by atoms with Gasteiger partial charge in [-0.2, -0.15) is 5.10 Å². The summed E-state index contributed by atoms with van der Waals surface area (Å²) in [5.41, 5.74) is 3.11. The first-order chi connectivity index (χ1) is 11.4. The molecule has 1 aromatic heterocycles. The SMILES string of the molecule is CC(C)(C)OC(=O)N1CCc2cn(Cc3ccccc3)nc2CC1. The summed E-state index contributed by atoms with van der Waals surface area (Å²) in [5.74, 6) is 0. The van der Waals surface area contributed by atoms with Gasteiger partial charge in [0.25, 0.3) is 0 Å². The lowest BCUT2D eigenvalue weighted by atomic mass is 10.2. The van der Waals surface area contributed by atoms with E-state index in [2.05, 4.69) is 18.3 Å². The normalized spacial score (nSPS) is 14.9. The molecule has 0 unspecified atom stereocenters. The molecule has 1 amide bonds. The molecular weight excluding hydrogens is 302 g/mol. The lowest BCUT2D eigenvalue weighted by Crippen LogP contribution is -2.38. The van der Waals surface area contributed by atoms with Gasteiger partial charge >= 0.3 is 6.09 Å². The van der Waals surface area contributed by atoms with Gasteiger partial charge in [-0.15, -0.1) is 0 Å². The van der Waals surface area contributed by atoms with E-state index >= 15 is 0 Å². The fourth-order valence-electron chi connectivity index (χ4n) is 2.89. The van der Waals surface area contributed by atoms with Crippen molar-refractivity contribution in [3.63, 3.8) is 0 Å². The predicted molar refractivity (Wildman–Crippen MR) is 93.0 cm³/mol. The summed E-state index contributed by atoms with van der Waals surface area (Å²) >= 11 is 0. The molecule has 3 rings (SSSR count). The number of amides is 1. The standard InChI is InChI=1S/C19H25N3O2/c1-19(2,3)24-18(23)21-11-9-16-14-22(20-17(16)10-12-21)13-15-7-5-4-6-8-15/h4-8,14H,9-13H2,1-3H3. The molecular formula is C19H25N3O2. The Morgan fingerprint density at radius 1 is 1.17 bits per heavy atom. The summed E-state index contributed by atoms with van der Waals surface area (Å²) in [7, 11) is 0. The molecule has 0 bridgehead atoms. The number of aromatic nitrogens is 2. The summed E-state index contributed by atoms with van der Waals surface area (Å²) in [4.78, 5) is 14.0. The Balaban J connectivity index is 1.64. The lowest BCUT2D eigenvalue weighted by molar-refractivity contribution is 0.0258. The Kier molecular flexibility index (Phi) is 4.60. The van der Waals surface area contributed by atoms with Crippen LogP contribution in [0.5, 0.6) is 0 Å². The lowest BCUT2D eigenvalue weighted by Gasteiger charge is -2.26. The maximum Gasteiger partial charge on any atom is 0.410 e. The van der Waals surface area contributed by atoms with E-state index in [4.69, 9.17) is 9.84 Å². The minimum absolute atomic E-state index is 0.232. The third kappa shape index (κ3) is 4.16. The van der Waals surface area contributed by atoms with Gasteiger partial charge in [-0.05, 0) is 38.3 Å². The molecule has 0 atom stereocenters. The highest BCUT2D eigenvalue weighted by molar-refractivity contribution is 5.68. The summed E-state index contributed by atoms with van der Waals surface area (Å²) < 4.78 is 7.48. The molecule has 2 aromatic rings. The molecule has 0 aliphatic carbocycles. The van der Waals surface area contributed by atoms with Crippen molar-refractivity contribution in [2.45, 2.75) is 45.8 Å². The molecule has 0 spiro atoms. The molecule has 2 heterocycles. The summed E-state index contributed by atoms with van der Waals surface area (Å²) in [5, 5.41) is 4.71. The van der Waals surface area contributed by atoms with Crippen LogP contribution in [0.3, 0.4) is 0 Å². The summed E-state index contributed by atoms with van der Waals surface area (Å²) in [6, 6.07) is 10.3. The highest BCUT2D eigenvalue weighted by Gasteiger charge is 2.25. The number of ether oxygens (including phenoxy) is 1. The van der Waals surface area contributed by atoms with Gasteiger partial charge in [0.1, 0.15) is 5.60 Å². The zero-order valence-corrected chi connectivity index (χ0v) is 14.7. The van der Waals surface area contributed by atoms with Crippen molar-refractivity contribution < 1.29 is 9.53 Å². The summed E-state index contributed by atoms with van der Waals surface area (Å²) in [6.45, 7) is 7.80. The monoisotopic (exact) mass is 327 g/mol. The molecule has 0 saturated heterocycles. The van der Waals surface area contributed by atoms with Gasteiger partial charge in [-0.25, -0.2) is 4.79 Å². The van der Waals surface area contributed by atoms with E-state index in [0.29, 0.717) is 13.1 Å². The second-order valence-electron chi connectivity index (χ2n) is 7.25. The number of carbonyl (C=O) groups excluding carboxylic acids is 1. The fourth-order valence-corrected chi connectivity index (χ4v) is 2.89. The maximum atomic E-state index is 12.2. The average molecular weight is 327 g/mol. The van der Waals surface area contributed by atoms with E-state index < -0.39 is 5.60 Å². The van der Waals surface area contributed by atoms with Gasteiger partial charge in [0.05, 0.1) is 12.2 Å². The first-order valence-electron chi connectivity index (χ1n) is 8.48. The molecule has 0 N–H and O–H groups in total. The van der Waals surface area contributed by atoms with Crippen LogP contribution in [0.1, 0.15) is 37.6 Å². The maximum absolute atomic E-state index is 12.2. The Bertz CT molecular complexity index is 676. The highest BCUT2D eigenvalue weighted by Crippen LogP contribution is 2.17. The Hall–Kier alpha value is -2.30. The Morgan fingerprint density at radius 2 is 1.88 bits per heavy atom. The second-order valence-corrected chi connectivity index (χ2v) is 7.25. The molecule has 1 aliphatic rings. The second kappa shape index (κ2) is 6.67. The van der Waals surface area contributed by atoms with Crippen molar-refractivity contribution in [2.24, 2.45) is 0 Å². The van der Waals surface area contributed by atoms with E-state index in [1.54, 1.807) is 4.90 Å². The van der Waals surface area contributed by atoms with Crippen molar-refractivity contribution in [2.75, 3.05) is 13.1 Å². The number of benzene rings is 1. The number of hydrogen-bond donors (Lipinski definition) is 0. The predicted octanol–water partition coefficient (Wildman–Crippen LogP) is 3.27. The molecule has 1 aliphatic heterocycles. The first kappa shape index (κ1) is 16.6. The van der Waals surface area contributed by atoms with Crippen LogP contribution in [0, 0.1) is 0 Å². The van der Waals surface area contributed by atoms with Crippen molar-refractivity contribution in [1.29, 1.82) is 0 Å². The number of nitrogens with zero attached hydrogens (tertiary/aromatic N) is 3. The van der Waals surface area contributed by atoms with Crippen LogP contribution in [0.4, 0.5) is 4.79 Å². The molecule has 128 valence electrons. The third-order valence-corrected chi connectivity index (χ3v) is 4.03. The van der Waals surface area contributed by atoms with E-state index in [1.165, 1.54) is 11.1 Å². The molecule has 0 radical (unpaired) electrons. The van der Waals surface area contributed by atoms with Gasteiger partial charge in [0.2, 0.25) is 0 Å². The van der Waals surface area contributed by atoms with Gasteiger partial charge in [-0.1, -0.05) is 30.3 Å². The Labute approximate surface area is 143 Å². The van der Waals surface area contributed by atoms with E-state index in [-0.39, 0.29) is 6.09 Å². The number of carbonyl (C=O) groups is 1. The van der Waals surface area contributed by atoms with Crippen LogP contribution >= 0.6 is 0 Å². The molecule has 5 heteroatoms. The Morgan fingerprint density at radius 3 is 2.58 bits per heavy atom. The zero-order valence-electron chi connectivity index (χ0n) is 14.7. The van der Waals surface area contributed by atoms with Gasteiger partial charge in [0.15, 0.2) is 0 Å². The number of rotatable bonds is 2. The van der Waals surface area contributed by atoms with Gasteiger partial charge in [-0.3, -0.25) is 4.68 Å². The van der Waals surface area contributed by atoms with Gasteiger partial charge < -0.3 is 9.64 Å². The van der Waals surface area contributed by atoms with Crippen molar-refractivity contribution in [3.8, 4) is 0 Å². The van der Waals surface area contributed by atoms with E-state index in [1.807, 2.05) is 43.7 Å². The minimum atomic E-state index is -0.456. The van der Waals surface area contributed by atoms with E-state index in [0.717, 1.165) is 25.1 Å². The van der Waals surface area contributed by atoms with Crippen LogP contribution in [0.15, 0.2) is 36.5 Å². The zero-order chi connectivity index (χ0) is 17.2. The third-order valence-electron chi connectivity index (χ3n) is 4.03.